The molecule has 0 radical (unpaired) electrons. The Balaban J connectivity index is 1.85. The van der Waals surface area contributed by atoms with Gasteiger partial charge in [-0.3, -0.25) is 9.69 Å². The number of hydrogen-bond donors (Lipinski definition) is 0. The predicted molar refractivity (Wildman–Crippen MR) is 114 cm³/mol. The first-order valence-corrected chi connectivity index (χ1v) is 10.0. The fourth-order valence-electron chi connectivity index (χ4n) is 4.03. The molecule has 0 saturated carbocycles. The van der Waals surface area contributed by atoms with Crippen molar-refractivity contribution in [1.82, 2.24) is 14.8 Å². The Morgan fingerprint density at radius 1 is 1.03 bits per heavy atom. The first kappa shape index (κ1) is 19.9. The van der Waals surface area contributed by atoms with E-state index >= 15 is 0 Å². The lowest BCUT2D eigenvalue weighted by Crippen LogP contribution is -2.44. The molecule has 0 unspecified atom stereocenters. The topological polar surface area (TPSA) is 69.5 Å². The summed E-state index contributed by atoms with van der Waals surface area (Å²) in [5, 5.41) is 4.47. The van der Waals surface area contributed by atoms with Gasteiger partial charge in [-0.05, 0) is 30.2 Å². The van der Waals surface area contributed by atoms with E-state index in [4.69, 9.17) is 9.47 Å². The zero-order chi connectivity index (χ0) is 21.3. The van der Waals surface area contributed by atoms with Crippen LogP contribution in [0.3, 0.4) is 0 Å². The van der Waals surface area contributed by atoms with Crippen molar-refractivity contribution in [3.63, 3.8) is 0 Å². The van der Waals surface area contributed by atoms with E-state index in [2.05, 4.69) is 10.1 Å². The zero-order valence-electron chi connectivity index (χ0n) is 17.6. The molecule has 0 aliphatic carbocycles. The van der Waals surface area contributed by atoms with Crippen LogP contribution in [0.5, 0.6) is 11.5 Å². The maximum Gasteiger partial charge on any atom is 0.232 e. The quantitative estimate of drug-likeness (QED) is 0.640. The molecule has 1 aliphatic heterocycles. The molecule has 1 aliphatic rings. The number of fused-ring (bicyclic) bond motifs is 1. The van der Waals surface area contributed by atoms with Crippen LogP contribution in [-0.4, -0.2) is 34.9 Å². The first-order chi connectivity index (χ1) is 14.5. The molecule has 0 bridgehead atoms. The number of methoxy groups -OCH3 is 2. The molecule has 156 valence electrons. The maximum absolute atomic E-state index is 13.2. The second kappa shape index (κ2) is 8.18. The van der Waals surface area contributed by atoms with Crippen molar-refractivity contribution < 1.29 is 14.3 Å². The minimum absolute atomic E-state index is 0.0172. The average Bonchev–Trinajstić information content (AvgIpc) is 3.27. The predicted octanol–water partition coefficient (Wildman–Crippen LogP) is 4.02. The number of carbonyl (C=O) groups is 1. The second-order valence-electron chi connectivity index (χ2n) is 7.65. The number of benzene rings is 2. The fraction of sp³-hybridized carbons (Fsp3) is 0.348. The molecule has 7 heteroatoms. The number of anilines is 1. The lowest BCUT2D eigenvalue weighted by molar-refractivity contribution is -0.122. The average molecular weight is 406 g/mol. The van der Waals surface area contributed by atoms with Gasteiger partial charge in [0.05, 0.1) is 26.3 Å². The maximum atomic E-state index is 13.2. The summed E-state index contributed by atoms with van der Waals surface area (Å²) in [5.74, 6) is 1.97. The highest BCUT2D eigenvalue weighted by atomic mass is 16.5. The van der Waals surface area contributed by atoms with Crippen LogP contribution in [0.25, 0.3) is 0 Å². The highest BCUT2D eigenvalue weighted by molar-refractivity contribution is 5.94. The third-order valence-corrected chi connectivity index (χ3v) is 5.55. The largest absolute Gasteiger partial charge is 0.497 e. The van der Waals surface area contributed by atoms with Crippen molar-refractivity contribution in [2.24, 2.45) is 5.92 Å². The molecule has 0 saturated heterocycles. The molecule has 1 aromatic heterocycles. The van der Waals surface area contributed by atoms with Crippen LogP contribution in [0.1, 0.15) is 43.5 Å². The van der Waals surface area contributed by atoms with Gasteiger partial charge in [0.15, 0.2) is 0 Å². The van der Waals surface area contributed by atoms with E-state index in [-0.39, 0.29) is 23.9 Å². The van der Waals surface area contributed by atoms with Crippen molar-refractivity contribution >= 4 is 11.9 Å². The SMILES string of the molecule is COc1ccc([C@@H]2C[C@H](c3ccccc3OC)n3ncnc3N2C(=O)C(C)C)cc1. The molecule has 1 amide bonds. The van der Waals surface area contributed by atoms with E-state index in [1.807, 2.05) is 67.1 Å². The number of carbonyl (C=O) groups excluding carboxylic acids is 1. The number of aromatic nitrogens is 3. The molecule has 7 nitrogen and oxygen atoms in total. The third-order valence-electron chi connectivity index (χ3n) is 5.55. The Morgan fingerprint density at radius 2 is 1.77 bits per heavy atom. The van der Waals surface area contributed by atoms with Gasteiger partial charge in [0.1, 0.15) is 17.8 Å². The molecule has 2 aromatic carbocycles. The first-order valence-electron chi connectivity index (χ1n) is 10.0. The Labute approximate surface area is 176 Å². The highest BCUT2D eigenvalue weighted by Crippen LogP contribution is 2.44. The van der Waals surface area contributed by atoms with Crippen molar-refractivity contribution in [2.75, 3.05) is 19.1 Å². The van der Waals surface area contributed by atoms with Gasteiger partial charge in [0.25, 0.3) is 0 Å². The normalized spacial score (nSPS) is 18.2. The molecule has 4 rings (SSSR count). The Morgan fingerprint density at radius 3 is 2.43 bits per heavy atom. The third kappa shape index (κ3) is 3.40. The zero-order valence-corrected chi connectivity index (χ0v) is 17.6. The van der Waals surface area contributed by atoms with Crippen LogP contribution in [0, 0.1) is 5.92 Å². The van der Waals surface area contributed by atoms with Crippen LogP contribution < -0.4 is 14.4 Å². The molecule has 2 atom stereocenters. The van der Waals surface area contributed by atoms with Gasteiger partial charge in [-0.15, -0.1) is 0 Å². The van der Waals surface area contributed by atoms with Gasteiger partial charge in [-0.1, -0.05) is 44.2 Å². The lowest BCUT2D eigenvalue weighted by Gasteiger charge is -2.40. The molecular formula is C23H26N4O3. The Hall–Kier alpha value is -3.35. The number of rotatable bonds is 5. The van der Waals surface area contributed by atoms with E-state index in [1.54, 1.807) is 19.1 Å². The highest BCUT2D eigenvalue weighted by Gasteiger charge is 2.40. The monoisotopic (exact) mass is 406 g/mol. The van der Waals surface area contributed by atoms with E-state index in [0.717, 1.165) is 22.6 Å². The molecule has 2 heterocycles. The number of para-hydroxylation sites is 1. The van der Waals surface area contributed by atoms with Crippen molar-refractivity contribution in [1.29, 1.82) is 0 Å². The summed E-state index contributed by atoms with van der Waals surface area (Å²) in [6.45, 7) is 3.81. The van der Waals surface area contributed by atoms with Gasteiger partial charge in [-0.25, -0.2) is 4.68 Å². The number of ether oxygens (including phenoxy) is 2. The van der Waals surface area contributed by atoms with Crippen molar-refractivity contribution in [3.05, 3.63) is 66.0 Å². The van der Waals surface area contributed by atoms with E-state index in [9.17, 15) is 4.79 Å². The molecular weight excluding hydrogens is 380 g/mol. The van der Waals surface area contributed by atoms with E-state index in [1.165, 1.54) is 6.33 Å². The summed E-state index contributed by atoms with van der Waals surface area (Å²) in [6, 6.07) is 15.5. The van der Waals surface area contributed by atoms with Gasteiger partial charge in [-0.2, -0.15) is 10.1 Å². The lowest BCUT2D eigenvalue weighted by atomic mass is 9.90. The Kier molecular flexibility index (Phi) is 5.44. The van der Waals surface area contributed by atoms with Crippen molar-refractivity contribution in [2.45, 2.75) is 32.4 Å². The molecule has 30 heavy (non-hydrogen) atoms. The van der Waals surface area contributed by atoms with Crippen LogP contribution in [0.4, 0.5) is 5.95 Å². The molecule has 0 spiro atoms. The van der Waals surface area contributed by atoms with Crippen LogP contribution in [-0.2, 0) is 4.79 Å². The van der Waals surface area contributed by atoms with Crippen LogP contribution in [0.15, 0.2) is 54.9 Å². The minimum atomic E-state index is -0.183. The van der Waals surface area contributed by atoms with Gasteiger partial charge < -0.3 is 9.47 Å². The van der Waals surface area contributed by atoms with Gasteiger partial charge >= 0.3 is 0 Å². The molecule has 0 N–H and O–H groups in total. The standard InChI is InChI=1S/C23H26N4O3/c1-15(2)22(28)26-19(16-9-11-17(29-3)12-10-16)13-20(27-23(26)24-14-25-27)18-7-5-6-8-21(18)30-4/h5-12,14-15,19-20H,13H2,1-4H3/t19-,20+/m0/s1. The van der Waals surface area contributed by atoms with E-state index in [0.29, 0.717) is 12.4 Å². The smallest absolute Gasteiger partial charge is 0.232 e. The number of hydrogen-bond acceptors (Lipinski definition) is 5. The van der Waals surface area contributed by atoms with Crippen LogP contribution >= 0.6 is 0 Å². The van der Waals surface area contributed by atoms with Gasteiger partial charge in [0, 0.05) is 11.5 Å². The summed E-state index contributed by atoms with van der Waals surface area (Å²) in [7, 11) is 3.31. The minimum Gasteiger partial charge on any atom is -0.497 e. The summed E-state index contributed by atoms with van der Waals surface area (Å²) in [4.78, 5) is 19.5. The van der Waals surface area contributed by atoms with E-state index < -0.39 is 0 Å². The molecule has 0 fully saturated rings. The number of nitrogens with zero attached hydrogens (tertiary/aromatic N) is 4. The molecule has 3 aromatic rings. The van der Waals surface area contributed by atoms with Crippen molar-refractivity contribution in [3.8, 4) is 11.5 Å². The summed E-state index contributed by atoms with van der Waals surface area (Å²) in [6.07, 6.45) is 2.16. The summed E-state index contributed by atoms with van der Waals surface area (Å²) in [5.41, 5.74) is 2.04. The Bertz CT molecular complexity index is 1030. The fourth-order valence-corrected chi connectivity index (χ4v) is 4.03. The number of amides is 1. The summed E-state index contributed by atoms with van der Waals surface area (Å²) >= 11 is 0. The van der Waals surface area contributed by atoms with Gasteiger partial charge in [0.2, 0.25) is 11.9 Å². The summed E-state index contributed by atoms with van der Waals surface area (Å²) < 4.78 is 12.8. The van der Waals surface area contributed by atoms with Crippen LogP contribution in [0.2, 0.25) is 0 Å². The second-order valence-corrected chi connectivity index (χ2v) is 7.65.